The number of carbonyl (C=O) groups excluding carboxylic acids is 1. The van der Waals surface area contributed by atoms with Gasteiger partial charge < -0.3 is 14.2 Å². The SMILES string of the molecule is CC(=O)N1CCN(c2nnc(C(F)(F)F)o2)CC1. The molecular formula is C9H11F3N4O2. The second-order valence-electron chi connectivity index (χ2n) is 3.88. The van der Waals surface area contributed by atoms with Gasteiger partial charge in [0.25, 0.3) is 0 Å². The van der Waals surface area contributed by atoms with Crippen molar-refractivity contribution in [1.29, 1.82) is 0 Å². The number of hydrogen-bond acceptors (Lipinski definition) is 5. The molecular weight excluding hydrogens is 253 g/mol. The molecule has 1 aliphatic heterocycles. The van der Waals surface area contributed by atoms with Gasteiger partial charge >= 0.3 is 18.1 Å². The van der Waals surface area contributed by atoms with Crippen molar-refractivity contribution in [1.82, 2.24) is 15.1 Å². The lowest BCUT2D eigenvalue weighted by molar-refractivity contribution is -0.157. The van der Waals surface area contributed by atoms with Crippen LogP contribution in [0.15, 0.2) is 4.42 Å². The summed E-state index contributed by atoms with van der Waals surface area (Å²) >= 11 is 0. The van der Waals surface area contributed by atoms with E-state index in [2.05, 4.69) is 14.6 Å². The molecule has 0 spiro atoms. The Morgan fingerprint density at radius 2 is 1.83 bits per heavy atom. The van der Waals surface area contributed by atoms with Gasteiger partial charge in [-0.15, -0.1) is 5.10 Å². The maximum atomic E-state index is 12.3. The first-order valence-corrected chi connectivity index (χ1v) is 5.29. The first kappa shape index (κ1) is 12.7. The van der Waals surface area contributed by atoms with E-state index in [-0.39, 0.29) is 11.9 Å². The second-order valence-corrected chi connectivity index (χ2v) is 3.88. The van der Waals surface area contributed by atoms with Crippen LogP contribution < -0.4 is 4.90 Å². The van der Waals surface area contributed by atoms with E-state index in [1.807, 2.05) is 0 Å². The third kappa shape index (κ3) is 2.54. The molecule has 0 unspecified atom stereocenters. The molecule has 1 aromatic heterocycles. The van der Waals surface area contributed by atoms with Gasteiger partial charge in [-0.2, -0.15) is 13.2 Å². The Morgan fingerprint density at radius 1 is 1.22 bits per heavy atom. The Kier molecular flexibility index (Phi) is 3.14. The van der Waals surface area contributed by atoms with Crippen molar-refractivity contribution in [3.63, 3.8) is 0 Å². The van der Waals surface area contributed by atoms with Gasteiger partial charge in [-0.25, -0.2) is 0 Å². The number of halogens is 3. The van der Waals surface area contributed by atoms with Crippen molar-refractivity contribution in [3.8, 4) is 0 Å². The largest absolute Gasteiger partial charge is 0.470 e. The Labute approximate surface area is 100 Å². The predicted molar refractivity (Wildman–Crippen MR) is 53.8 cm³/mol. The van der Waals surface area contributed by atoms with Gasteiger partial charge in [0.1, 0.15) is 0 Å². The van der Waals surface area contributed by atoms with E-state index in [1.54, 1.807) is 4.90 Å². The van der Waals surface area contributed by atoms with E-state index < -0.39 is 12.1 Å². The number of amides is 1. The van der Waals surface area contributed by atoms with Crippen LogP contribution in [0, 0.1) is 0 Å². The molecule has 9 heteroatoms. The molecule has 1 amide bonds. The summed E-state index contributed by atoms with van der Waals surface area (Å²) in [5.74, 6) is -1.41. The van der Waals surface area contributed by atoms with Crippen molar-refractivity contribution in [2.45, 2.75) is 13.1 Å². The summed E-state index contributed by atoms with van der Waals surface area (Å²) in [5, 5.41) is 6.31. The fourth-order valence-corrected chi connectivity index (χ4v) is 1.67. The van der Waals surface area contributed by atoms with Crippen LogP contribution in [0.5, 0.6) is 0 Å². The Hall–Kier alpha value is -1.80. The molecule has 0 aromatic carbocycles. The van der Waals surface area contributed by atoms with Crippen LogP contribution in [-0.4, -0.2) is 47.2 Å². The average Bonchev–Trinajstić information content (AvgIpc) is 2.78. The van der Waals surface area contributed by atoms with Crippen molar-refractivity contribution in [2.75, 3.05) is 31.1 Å². The lowest BCUT2D eigenvalue weighted by atomic mass is 10.3. The monoisotopic (exact) mass is 264 g/mol. The molecule has 0 atom stereocenters. The molecule has 0 saturated carbocycles. The number of rotatable bonds is 1. The van der Waals surface area contributed by atoms with E-state index in [1.165, 1.54) is 11.8 Å². The third-order valence-electron chi connectivity index (χ3n) is 2.65. The molecule has 1 saturated heterocycles. The summed E-state index contributed by atoms with van der Waals surface area (Å²) in [7, 11) is 0. The number of carbonyl (C=O) groups is 1. The first-order valence-electron chi connectivity index (χ1n) is 5.29. The summed E-state index contributed by atoms with van der Waals surface area (Å²) < 4.78 is 41.4. The van der Waals surface area contributed by atoms with E-state index in [0.717, 1.165) is 0 Å². The van der Waals surface area contributed by atoms with Gasteiger partial charge in [0.15, 0.2) is 0 Å². The molecule has 1 aromatic rings. The number of hydrogen-bond donors (Lipinski definition) is 0. The number of aromatic nitrogens is 2. The Bertz CT molecular complexity index is 437. The lowest BCUT2D eigenvalue weighted by Crippen LogP contribution is -2.48. The summed E-state index contributed by atoms with van der Waals surface area (Å²) in [5.41, 5.74) is 0. The quantitative estimate of drug-likeness (QED) is 0.749. The standard InChI is InChI=1S/C9H11F3N4O2/c1-6(17)15-2-4-16(5-3-15)8-14-13-7(18-8)9(10,11)12/h2-5H2,1H3. The van der Waals surface area contributed by atoms with Gasteiger partial charge in [0.05, 0.1) is 0 Å². The van der Waals surface area contributed by atoms with Gasteiger partial charge in [-0.05, 0) is 0 Å². The Balaban J connectivity index is 2.02. The fraction of sp³-hybridized carbons (Fsp3) is 0.667. The molecule has 0 aliphatic carbocycles. The molecule has 2 rings (SSSR count). The van der Waals surface area contributed by atoms with Crippen LogP contribution >= 0.6 is 0 Å². The predicted octanol–water partition coefficient (Wildman–Crippen LogP) is 0.757. The summed E-state index contributed by atoms with van der Waals surface area (Å²) in [4.78, 5) is 14.2. The van der Waals surface area contributed by atoms with Crippen LogP contribution in [-0.2, 0) is 11.0 Å². The Morgan fingerprint density at radius 3 is 2.28 bits per heavy atom. The van der Waals surface area contributed by atoms with Crippen molar-refractivity contribution in [3.05, 3.63) is 5.89 Å². The summed E-state index contributed by atoms with van der Waals surface area (Å²) in [6.45, 7) is 3.06. The van der Waals surface area contributed by atoms with Crippen molar-refractivity contribution < 1.29 is 22.4 Å². The molecule has 2 heterocycles. The molecule has 1 fully saturated rings. The fourth-order valence-electron chi connectivity index (χ4n) is 1.67. The lowest BCUT2D eigenvalue weighted by Gasteiger charge is -2.32. The smallest absolute Gasteiger partial charge is 0.399 e. The molecule has 100 valence electrons. The van der Waals surface area contributed by atoms with Gasteiger partial charge in [-0.1, -0.05) is 5.10 Å². The zero-order chi connectivity index (χ0) is 13.3. The van der Waals surface area contributed by atoms with Crippen molar-refractivity contribution in [2.24, 2.45) is 0 Å². The highest BCUT2D eigenvalue weighted by atomic mass is 19.4. The summed E-state index contributed by atoms with van der Waals surface area (Å²) in [6, 6.07) is -0.162. The summed E-state index contributed by atoms with van der Waals surface area (Å²) in [6.07, 6.45) is -4.63. The topological polar surface area (TPSA) is 62.5 Å². The highest BCUT2D eigenvalue weighted by Gasteiger charge is 2.39. The maximum Gasteiger partial charge on any atom is 0.470 e. The van der Waals surface area contributed by atoms with E-state index in [0.29, 0.717) is 26.2 Å². The number of piperazine rings is 1. The zero-order valence-electron chi connectivity index (χ0n) is 9.57. The average molecular weight is 264 g/mol. The maximum absolute atomic E-state index is 12.3. The number of anilines is 1. The highest BCUT2D eigenvalue weighted by Crippen LogP contribution is 2.29. The second kappa shape index (κ2) is 4.46. The molecule has 6 nitrogen and oxygen atoms in total. The molecule has 18 heavy (non-hydrogen) atoms. The van der Waals surface area contributed by atoms with Crippen LogP contribution in [0.1, 0.15) is 12.8 Å². The molecule has 0 N–H and O–H groups in total. The van der Waals surface area contributed by atoms with Gasteiger partial charge in [0, 0.05) is 33.1 Å². The first-order chi connectivity index (χ1) is 8.38. The van der Waals surface area contributed by atoms with E-state index in [9.17, 15) is 18.0 Å². The molecule has 0 radical (unpaired) electrons. The zero-order valence-corrected chi connectivity index (χ0v) is 9.57. The van der Waals surface area contributed by atoms with Crippen LogP contribution in [0.4, 0.5) is 19.2 Å². The minimum absolute atomic E-state index is 0.0591. The highest BCUT2D eigenvalue weighted by molar-refractivity contribution is 5.73. The normalized spacial score (nSPS) is 17.1. The van der Waals surface area contributed by atoms with Gasteiger partial charge in [-0.3, -0.25) is 4.79 Å². The number of alkyl halides is 3. The van der Waals surface area contributed by atoms with E-state index >= 15 is 0 Å². The van der Waals surface area contributed by atoms with Crippen LogP contribution in [0.2, 0.25) is 0 Å². The molecule has 1 aliphatic rings. The van der Waals surface area contributed by atoms with E-state index in [4.69, 9.17) is 0 Å². The van der Waals surface area contributed by atoms with Gasteiger partial charge in [0.2, 0.25) is 5.91 Å². The molecule has 0 bridgehead atoms. The van der Waals surface area contributed by atoms with Crippen molar-refractivity contribution >= 4 is 11.9 Å². The van der Waals surface area contributed by atoms with Crippen LogP contribution in [0.25, 0.3) is 0 Å². The van der Waals surface area contributed by atoms with Crippen LogP contribution in [0.3, 0.4) is 0 Å². The minimum atomic E-state index is -4.63. The minimum Gasteiger partial charge on any atom is -0.399 e. The third-order valence-corrected chi connectivity index (χ3v) is 2.65. The number of nitrogens with zero attached hydrogens (tertiary/aromatic N) is 4.